The van der Waals surface area contributed by atoms with E-state index >= 15 is 0 Å². The lowest BCUT2D eigenvalue weighted by Gasteiger charge is -2.14. The third-order valence-electron chi connectivity index (χ3n) is 4.66. The molecule has 0 spiro atoms. The highest BCUT2D eigenvalue weighted by molar-refractivity contribution is 6.30. The average Bonchev–Trinajstić information content (AvgIpc) is 2.98. The number of anilines is 1. The van der Waals surface area contributed by atoms with E-state index in [4.69, 9.17) is 11.6 Å². The molecule has 8 heteroatoms. The standard InChI is InChI=1S/C19H21ClF3N3O/c20-13-6-5-7-14(12-13)24-17(27)10-3-4-11-26-16-9-2-1-8-15(16)18(25-26)19(21,22)23/h5-7,12H,1-4,8-11H2,(H,24,27). The summed E-state index contributed by atoms with van der Waals surface area (Å²) >= 11 is 5.87. The number of alkyl halides is 3. The molecule has 0 aliphatic heterocycles. The molecule has 1 aromatic carbocycles. The first-order valence-corrected chi connectivity index (χ1v) is 9.43. The summed E-state index contributed by atoms with van der Waals surface area (Å²) < 4.78 is 41.0. The molecule has 0 atom stereocenters. The van der Waals surface area contributed by atoms with E-state index in [1.807, 2.05) is 0 Å². The molecule has 0 saturated heterocycles. The first-order chi connectivity index (χ1) is 12.8. The minimum atomic E-state index is -4.41. The van der Waals surface area contributed by atoms with Crippen molar-refractivity contribution in [1.29, 1.82) is 0 Å². The molecule has 1 amide bonds. The van der Waals surface area contributed by atoms with Crippen molar-refractivity contribution in [3.63, 3.8) is 0 Å². The predicted molar refractivity (Wildman–Crippen MR) is 97.8 cm³/mol. The number of nitrogens with zero attached hydrogens (tertiary/aromatic N) is 2. The zero-order chi connectivity index (χ0) is 19.4. The van der Waals surface area contributed by atoms with Gasteiger partial charge in [0.1, 0.15) is 0 Å². The third kappa shape index (κ3) is 5.03. The van der Waals surface area contributed by atoms with Crippen molar-refractivity contribution < 1.29 is 18.0 Å². The Morgan fingerprint density at radius 3 is 2.74 bits per heavy atom. The van der Waals surface area contributed by atoms with Crippen molar-refractivity contribution in [2.24, 2.45) is 0 Å². The summed E-state index contributed by atoms with van der Waals surface area (Å²) in [6.07, 6.45) is -0.230. The van der Waals surface area contributed by atoms with Gasteiger partial charge in [0.05, 0.1) is 0 Å². The van der Waals surface area contributed by atoms with Crippen molar-refractivity contribution in [3.8, 4) is 0 Å². The van der Waals surface area contributed by atoms with Crippen molar-refractivity contribution in [2.45, 2.75) is 57.7 Å². The molecule has 0 saturated carbocycles. The number of rotatable bonds is 6. The van der Waals surface area contributed by atoms with Crippen LogP contribution in [0, 0.1) is 0 Å². The van der Waals surface area contributed by atoms with Gasteiger partial charge in [-0.15, -0.1) is 0 Å². The number of unbranched alkanes of at least 4 members (excludes halogenated alkanes) is 1. The van der Waals surface area contributed by atoms with Gasteiger partial charge in [-0.25, -0.2) is 0 Å². The van der Waals surface area contributed by atoms with Crippen LogP contribution < -0.4 is 5.32 Å². The van der Waals surface area contributed by atoms with Gasteiger partial charge in [-0.2, -0.15) is 18.3 Å². The lowest BCUT2D eigenvalue weighted by Crippen LogP contribution is -2.12. The Balaban J connectivity index is 1.53. The van der Waals surface area contributed by atoms with Gasteiger partial charge >= 0.3 is 6.18 Å². The molecule has 0 radical (unpaired) electrons. The Morgan fingerprint density at radius 2 is 2.00 bits per heavy atom. The van der Waals surface area contributed by atoms with Gasteiger partial charge in [0.2, 0.25) is 5.91 Å². The second kappa shape index (κ2) is 8.33. The number of fused-ring (bicyclic) bond motifs is 1. The van der Waals surface area contributed by atoms with Crippen LogP contribution in [0.3, 0.4) is 0 Å². The maximum Gasteiger partial charge on any atom is 0.435 e. The molecule has 146 valence electrons. The monoisotopic (exact) mass is 399 g/mol. The summed E-state index contributed by atoms with van der Waals surface area (Å²) in [5.74, 6) is -0.143. The van der Waals surface area contributed by atoms with Crippen LogP contribution in [0.2, 0.25) is 5.02 Å². The fourth-order valence-electron chi connectivity index (χ4n) is 3.42. The van der Waals surface area contributed by atoms with Gasteiger partial charge in [-0.3, -0.25) is 9.48 Å². The van der Waals surface area contributed by atoms with Crippen LogP contribution in [0.15, 0.2) is 24.3 Å². The number of hydrogen-bond donors (Lipinski definition) is 1. The quantitative estimate of drug-likeness (QED) is 0.675. The smallest absolute Gasteiger partial charge is 0.326 e. The van der Waals surface area contributed by atoms with Gasteiger partial charge in [0, 0.05) is 34.9 Å². The Hall–Kier alpha value is -2.02. The molecule has 0 unspecified atom stereocenters. The lowest BCUT2D eigenvalue weighted by atomic mass is 9.95. The number of carbonyl (C=O) groups is 1. The summed E-state index contributed by atoms with van der Waals surface area (Å²) in [7, 11) is 0. The molecule has 0 fully saturated rings. The SMILES string of the molecule is O=C(CCCCn1nc(C(F)(F)F)c2c1CCCC2)Nc1cccc(Cl)c1. The zero-order valence-electron chi connectivity index (χ0n) is 14.8. The van der Waals surface area contributed by atoms with Crippen molar-refractivity contribution in [3.05, 3.63) is 46.2 Å². The van der Waals surface area contributed by atoms with Gasteiger partial charge in [-0.05, 0) is 56.7 Å². The largest absolute Gasteiger partial charge is 0.435 e. The number of amides is 1. The molecular formula is C19H21ClF3N3O. The molecule has 0 bridgehead atoms. The van der Waals surface area contributed by atoms with Crippen molar-refractivity contribution >= 4 is 23.2 Å². The normalized spacial score (nSPS) is 14.1. The molecule has 27 heavy (non-hydrogen) atoms. The number of benzene rings is 1. The Kier molecular flexibility index (Phi) is 6.09. The lowest BCUT2D eigenvalue weighted by molar-refractivity contribution is -0.142. The van der Waals surface area contributed by atoms with E-state index in [0.717, 1.165) is 12.8 Å². The van der Waals surface area contributed by atoms with Gasteiger partial charge < -0.3 is 5.32 Å². The van der Waals surface area contributed by atoms with Gasteiger partial charge in [0.15, 0.2) is 5.69 Å². The zero-order valence-corrected chi connectivity index (χ0v) is 15.5. The number of nitrogens with one attached hydrogen (secondary N) is 1. The second-order valence-electron chi connectivity index (χ2n) is 6.72. The van der Waals surface area contributed by atoms with Crippen molar-refractivity contribution in [1.82, 2.24) is 9.78 Å². The Morgan fingerprint density at radius 1 is 1.22 bits per heavy atom. The summed E-state index contributed by atoms with van der Waals surface area (Å²) in [5.41, 5.74) is 0.948. The number of aryl methyl sites for hydroxylation is 1. The summed E-state index contributed by atoms with van der Waals surface area (Å²) in [6, 6.07) is 6.88. The minimum Gasteiger partial charge on any atom is -0.326 e. The Bertz CT molecular complexity index is 817. The van der Waals surface area contributed by atoms with Gasteiger partial charge in [-0.1, -0.05) is 17.7 Å². The highest BCUT2D eigenvalue weighted by atomic mass is 35.5. The third-order valence-corrected chi connectivity index (χ3v) is 4.89. The summed E-state index contributed by atoms with van der Waals surface area (Å²) in [6.45, 7) is 0.392. The maximum absolute atomic E-state index is 13.2. The van der Waals surface area contributed by atoms with Crippen LogP contribution in [0.4, 0.5) is 18.9 Å². The van der Waals surface area contributed by atoms with Crippen LogP contribution in [-0.4, -0.2) is 15.7 Å². The fourth-order valence-corrected chi connectivity index (χ4v) is 3.61. The van der Waals surface area contributed by atoms with E-state index in [0.29, 0.717) is 60.6 Å². The molecule has 1 N–H and O–H groups in total. The number of aromatic nitrogens is 2. The molecule has 1 aliphatic carbocycles. The second-order valence-corrected chi connectivity index (χ2v) is 7.15. The van der Waals surface area contributed by atoms with Crippen LogP contribution in [0.25, 0.3) is 0 Å². The van der Waals surface area contributed by atoms with E-state index in [2.05, 4.69) is 10.4 Å². The molecule has 3 rings (SSSR count). The molecule has 1 aliphatic rings. The van der Waals surface area contributed by atoms with Crippen LogP contribution in [-0.2, 0) is 30.4 Å². The predicted octanol–water partition coefficient (Wildman–Crippen LogP) is 5.24. The fraction of sp³-hybridized carbons (Fsp3) is 0.474. The van der Waals surface area contributed by atoms with Crippen LogP contribution >= 0.6 is 11.6 Å². The van der Waals surface area contributed by atoms with E-state index in [1.165, 1.54) is 4.68 Å². The van der Waals surface area contributed by atoms with E-state index in [9.17, 15) is 18.0 Å². The number of hydrogen-bond acceptors (Lipinski definition) is 2. The molecular weight excluding hydrogens is 379 g/mol. The first kappa shape index (κ1) is 19.7. The minimum absolute atomic E-state index is 0.143. The van der Waals surface area contributed by atoms with Crippen LogP contribution in [0.5, 0.6) is 0 Å². The van der Waals surface area contributed by atoms with E-state index in [1.54, 1.807) is 24.3 Å². The number of halogens is 4. The van der Waals surface area contributed by atoms with Crippen LogP contribution in [0.1, 0.15) is 49.1 Å². The maximum atomic E-state index is 13.2. The van der Waals surface area contributed by atoms with Crippen molar-refractivity contribution in [2.75, 3.05) is 5.32 Å². The average molecular weight is 400 g/mol. The van der Waals surface area contributed by atoms with E-state index < -0.39 is 11.9 Å². The molecule has 2 aromatic rings. The molecule has 1 aromatic heterocycles. The topological polar surface area (TPSA) is 46.9 Å². The van der Waals surface area contributed by atoms with E-state index in [-0.39, 0.29) is 5.91 Å². The highest BCUT2D eigenvalue weighted by Crippen LogP contribution is 2.35. The number of carbonyl (C=O) groups excluding carboxylic acids is 1. The highest BCUT2D eigenvalue weighted by Gasteiger charge is 2.39. The van der Waals surface area contributed by atoms with Gasteiger partial charge in [0.25, 0.3) is 0 Å². The molecule has 1 heterocycles. The summed E-state index contributed by atoms with van der Waals surface area (Å²) in [5, 5.41) is 7.13. The molecule has 4 nitrogen and oxygen atoms in total. The summed E-state index contributed by atoms with van der Waals surface area (Å²) in [4.78, 5) is 12.0. The first-order valence-electron chi connectivity index (χ1n) is 9.06. The Labute approximate surface area is 160 Å².